The molecule has 0 saturated carbocycles. The zero-order chi connectivity index (χ0) is 14.8. The highest BCUT2D eigenvalue weighted by Crippen LogP contribution is 2.23. The molecule has 0 unspecified atom stereocenters. The number of likely N-dealkylation sites (tertiary alicyclic amines) is 1. The van der Waals surface area contributed by atoms with Gasteiger partial charge in [0.25, 0.3) is 0 Å². The lowest BCUT2D eigenvalue weighted by Gasteiger charge is -2.35. The van der Waals surface area contributed by atoms with E-state index in [9.17, 15) is 0 Å². The summed E-state index contributed by atoms with van der Waals surface area (Å²) in [7, 11) is 2.23. The zero-order valence-electron chi connectivity index (χ0n) is 13.7. The average molecular weight is 287 g/mol. The first kappa shape index (κ1) is 14.9. The predicted octanol–water partition coefficient (Wildman–Crippen LogP) is 2.57. The second-order valence-corrected chi connectivity index (χ2v) is 7.02. The molecule has 116 valence electrons. The maximum Gasteiger partial charge on any atom is 0.0371 e. The molecule has 3 nitrogen and oxygen atoms in total. The molecule has 0 radical (unpaired) electrons. The van der Waals surface area contributed by atoms with Gasteiger partial charge in [0.2, 0.25) is 0 Å². The Balaban J connectivity index is 1.52. The monoisotopic (exact) mass is 287 g/mol. The summed E-state index contributed by atoms with van der Waals surface area (Å²) in [5.41, 5.74) is 4.16. The molecule has 0 spiro atoms. The van der Waals surface area contributed by atoms with Gasteiger partial charge in [-0.3, -0.25) is 0 Å². The van der Waals surface area contributed by atoms with Crippen molar-refractivity contribution in [3.05, 3.63) is 29.3 Å². The number of aryl methyl sites for hydroxylation is 2. The second kappa shape index (κ2) is 6.37. The summed E-state index contributed by atoms with van der Waals surface area (Å²) in [6.45, 7) is 9.23. The van der Waals surface area contributed by atoms with Gasteiger partial charge in [0.1, 0.15) is 0 Å². The fourth-order valence-electron chi connectivity index (χ4n) is 3.84. The van der Waals surface area contributed by atoms with E-state index in [0.29, 0.717) is 12.1 Å². The molecule has 21 heavy (non-hydrogen) atoms. The highest BCUT2D eigenvalue weighted by molar-refractivity contribution is 5.51. The van der Waals surface area contributed by atoms with Gasteiger partial charge in [0.15, 0.2) is 0 Å². The summed E-state index contributed by atoms with van der Waals surface area (Å²) in [6, 6.07) is 8.34. The molecular weight excluding hydrogens is 258 g/mol. The van der Waals surface area contributed by atoms with Gasteiger partial charge in [-0.05, 0) is 70.0 Å². The largest absolute Gasteiger partial charge is 0.371 e. The molecule has 2 heterocycles. The molecule has 2 aliphatic rings. The van der Waals surface area contributed by atoms with Crippen LogP contribution in [0.5, 0.6) is 0 Å². The van der Waals surface area contributed by atoms with Gasteiger partial charge in [-0.2, -0.15) is 0 Å². The van der Waals surface area contributed by atoms with Crippen molar-refractivity contribution in [3.8, 4) is 0 Å². The van der Waals surface area contributed by atoms with E-state index in [4.69, 9.17) is 0 Å². The van der Waals surface area contributed by atoms with Crippen molar-refractivity contribution >= 4 is 5.69 Å². The SMILES string of the molecule is Cc1cc(C)cc(N2CCC(N[C@@H]3CCN(C)C3)CC2)c1. The van der Waals surface area contributed by atoms with Crippen molar-refractivity contribution in [1.82, 2.24) is 10.2 Å². The number of nitrogens with one attached hydrogen (secondary N) is 1. The Hall–Kier alpha value is -1.06. The Kier molecular flexibility index (Phi) is 4.51. The summed E-state index contributed by atoms with van der Waals surface area (Å²) < 4.78 is 0. The van der Waals surface area contributed by atoms with Crippen molar-refractivity contribution < 1.29 is 0 Å². The van der Waals surface area contributed by atoms with Crippen molar-refractivity contribution in [3.63, 3.8) is 0 Å². The van der Waals surface area contributed by atoms with Gasteiger partial charge in [-0.25, -0.2) is 0 Å². The number of hydrogen-bond acceptors (Lipinski definition) is 3. The van der Waals surface area contributed by atoms with E-state index in [-0.39, 0.29) is 0 Å². The summed E-state index contributed by atoms with van der Waals surface area (Å²) in [4.78, 5) is 4.99. The van der Waals surface area contributed by atoms with Crippen LogP contribution in [0.3, 0.4) is 0 Å². The summed E-state index contributed by atoms with van der Waals surface area (Å²) >= 11 is 0. The molecule has 1 N–H and O–H groups in total. The Morgan fingerprint density at radius 3 is 2.10 bits per heavy atom. The van der Waals surface area contributed by atoms with E-state index >= 15 is 0 Å². The quantitative estimate of drug-likeness (QED) is 0.922. The molecule has 1 aromatic rings. The second-order valence-electron chi connectivity index (χ2n) is 7.02. The van der Waals surface area contributed by atoms with Crippen LogP contribution in [0.15, 0.2) is 18.2 Å². The van der Waals surface area contributed by atoms with Crippen LogP contribution in [0.1, 0.15) is 30.4 Å². The number of piperidine rings is 1. The van der Waals surface area contributed by atoms with Gasteiger partial charge in [0, 0.05) is 37.4 Å². The van der Waals surface area contributed by atoms with Crippen LogP contribution in [-0.2, 0) is 0 Å². The smallest absolute Gasteiger partial charge is 0.0371 e. The molecule has 2 aliphatic heterocycles. The van der Waals surface area contributed by atoms with Crippen LogP contribution in [0, 0.1) is 13.8 Å². The highest BCUT2D eigenvalue weighted by Gasteiger charge is 2.25. The zero-order valence-corrected chi connectivity index (χ0v) is 13.7. The van der Waals surface area contributed by atoms with E-state index in [0.717, 1.165) is 0 Å². The third-order valence-electron chi connectivity index (χ3n) is 4.93. The standard InChI is InChI=1S/C18H29N3/c1-14-10-15(2)12-18(11-14)21-8-5-16(6-9-21)19-17-4-7-20(3)13-17/h10-12,16-17,19H,4-9,13H2,1-3H3/t17-/m1/s1. The first-order chi connectivity index (χ1) is 10.1. The van der Waals surface area contributed by atoms with Crippen LogP contribution in [-0.4, -0.2) is 50.2 Å². The summed E-state index contributed by atoms with van der Waals surface area (Å²) in [5, 5.41) is 3.87. The fourth-order valence-corrected chi connectivity index (χ4v) is 3.84. The van der Waals surface area contributed by atoms with E-state index in [1.54, 1.807) is 0 Å². The molecule has 0 aromatic heterocycles. The lowest BCUT2D eigenvalue weighted by Crippen LogP contribution is -2.47. The molecule has 0 amide bonds. The summed E-state index contributed by atoms with van der Waals surface area (Å²) in [6.07, 6.45) is 3.86. The third kappa shape index (κ3) is 3.78. The topological polar surface area (TPSA) is 18.5 Å². The fraction of sp³-hybridized carbons (Fsp3) is 0.667. The molecule has 3 heteroatoms. The van der Waals surface area contributed by atoms with Crippen LogP contribution >= 0.6 is 0 Å². The van der Waals surface area contributed by atoms with Crippen LogP contribution in [0.2, 0.25) is 0 Å². The molecular formula is C18H29N3. The van der Waals surface area contributed by atoms with Gasteiger partial charge in [0.05, 0.1) is 0 Å². The Morgan fingerprint density at radius 2 is 1.52 bits per heavy atom. The Bertz CT molecular complexity index is 457. The molecule has 1 aromatic carbocycles. The maximum atomic E-state index is 3.87. The molecule has 1 atom stereocenters. The number of hydrogen-bond donors (Lipinski definition) is 1. The minimum absolute atomic E-state index is 0.712. The predicted molar refractivity (Wildman–Crippen MR) is 90.2 cm³/mol. The Morgan fingerprint density at radius 1 is 0.905 bits per heavy atom. The van der Waals surface area contributed by atoms with Crippen molar-refractivity contribution in [2.75, 3.05) is 38.1 Å². The van der Waals surface area contributed by atoms with Gasteiger partial charge in [-0.15, -0.1) is 0 Å². The molecule has 0 bridgehead atoms. The molecule has 0 aliphatic carbocycles. The Labute approximate surface area is 129 Å². The molecule has 3 rings (SSSR count). The number of likely N-dealkylation sites (N-methyl/N-ethyl adjacent to an activating group) is 1. The lowest BCUT2D eigenvalue weighted by molar-refractivity contribution is 0.350. The third-order valence-corrected chi connectivity index (χ3v) is 4.93. The van der Waals surface area contributed by atoms with E-state index in [2.05, 4.69) is 54.2 Å². The first-order valence-electron chi connectivity index (χ1n) is 8.38. The summed E-state index contributed by atoms with van der Waals surface area (Å²) in [5.74, 6) is 0. The van der Waals surface area contributed by atoms with Crippen LogP contribution in [0.4, 0.5) is 5.69 Å². The highest BCUT2D eigenvalue weighted by atomic mass is 15.2. The van der Waals surface area contributed by atoms with Crippen molar-refractivity contribution in [1.29, 1.82) is 0 Å². The molecule has 2 saturated heterocycles. The van der Waals surface area contributed by atoms with Crippen molar-refractivity contribution in [2.45, 2.75) is 45.2 Å². The number of nitrogens with zero attached hydrogens (tertiary/aromatic N) is 2. The maximum absolute atomic E-state index is 3.87. The normalized spacial score (nSPS) is 24.7. The van der Waals surface area contributed by atoms with E-state index in [1.165, 1.54) is 62.3 Å². The average Bonchev–Trinajstić information content (AvgIpc) is 2.84. The van der Waals surface area contributed by atoms with Crippen LogP contribution in [0.25, 0.3) is 0 Å². The van der Waals surface area contributed by atoms with Crippen LogP contribution < -0.4 is 10.2 Å². The first-order valence-corrected chi connectivity index (χ1v) is 8.38. The van der Waals surface area contributed by atoms with Gasteiger partial charge in [-0.1, -0.05) is 6.07 Å². The van der Waals surface area contributed by atoms with Gasteiger partial charge < -0.3 is 15.1 Å². The van der Waals surface area contributed by atoms with Gasteiger partial charge >= 0.3 is 0 Å². The van der Waals surface area contributed by atoms with E-state index < -0.39 is 0 Å². The minimum atomic E-state index is 0.712. The van der Waals surface area contributed by atoms with E-state index in [1.807, 2.05) is 0 Å². The molecule has 2 fully saturated rings. The lowest BCUT2D eigenvalue weighted by atomic mass is 10.0. The van der Waals surface area contributed by atoms with Crippen molar-refractivity contribution in [2.24, 2.45) is 0 Å². The number of anilines is 1. The number of rotatable bonds is 3. The minimum Gasteiger partial charge on any atom is -0.371 e. The number of benzene rings is 1.